The molecule has 1 heterocycles. The quantitative estimate of drug-likeness (QED) is 0.676. The zero-order valence-corrected chi connectivity index (χ0v) is 10.6. The molecule has 0 saturated heterocycles. The fraction of sp³-hybridized carbons (Fsp3) is 0.0909. The zero-order chi connectivity index (χ0) is 15.0. The molecule has 20 heavy (non-hydrogen) atoms. The first-order chi connectivity index (χ1) is 9.21. The molecule has 0 aliphatic rings. The summed E-state index contributed by atoms with van der Waals surface area (Å²) in [6.45, 7) is 0. The lowest BCUT2D eigenvalue weighted by molar-refractivity contribution is -0.141. The third kappa shape index (κ3) is 2.72. The summed E-state index contributed by atoms with van der Waals surface area (Å²) in [7, 11) is -4.15. The minimum Gasteiger partial charge on any atom is -0.399 e. The van der Waals surface area contributed by atoms with Gasteiger partial charge in [-0.05, 0) is 24.3 Å². The average Bonchev–Trinajstić information content (AvgIpc) is 2.38. The lowest BCUT2D eigenvalue weighted by Crippen LogP contribution is -2.12. The number of aromatic nitrogens is 2. The molecular weight excluding hydrogens is 295 g/mol. The van der Waals surface area contributed by atoms with Gasteiger partial charge in [0.05, 0.1) is 4.90 Å². The van der Waals surface area contributed by atoms with Crippen molar-refractivity contribution in [2.45, 2.75) is 16.1 Å². The molecule has 2 N–H and O–H groups in total. The molecule has 0 aliphatic heterocycles. The Morgan fingerprint density at radius 2 is 1.65 bits per heavy atom. The van der Waals surface area contributed by atoms with Crippen molar-refractivity contribution in [3.05, 3.63) is 42.4 Å². The van der Waals surface area contributed by atoms with Gasteiger partial charge in [0.15, 0.2) is 5.03 Å². The van der Waals surface area contributed by atoms with Crippen LogP contribution in [0.2, 0.25) is 0 Å². The molecule has 1 aromatic heterocycles. The van der Waals surface area contributed by atoms with Crippen molar-refractivity contribution in [3.63, 3.8) is 0 Å². The minimum absolute atomic E-state index is 0.196. The molecule has 0 unspecified atom stereocenters. The van der Waals surface area contributed by atoms with E-state index in [1.54, 1.807) is 0 Å². The van der Waals surface area contributed by atoms with Gasteiger partial charge in [-0.25, -0.2) is 18.4 Å². The number of benzene rings is 1. The van der Waals surface area contributed by atoms with E-state index in [4.69, 9.17) is 5.73 Å². The van der Waals surface area contributed by atoms with Crippen LogP contribution in [0.5, 0.6) is 0 Å². The first kappa shape index (κ1) is 14.3. The van der Waals surface area contributed by atoms with Crippen LogP contribution in [0.4, 0.5) is 18.9 Å². The van der Waals surface area contributed by atoms with Gasteiger partial charge in [-0.15, -0.1) is 0 Å². The summed E-state index contributed by atoms with van der Waals surface area (Å²) < 4.78 is 61.8. The molecule has 0 radical (unpaired) electrons. The van der Waals surface area contributed by atoms with Crippen LogP contribution in [0, 0.1) is 0 Å². The Morgan fingerprint density at radius 1 is 1.05 bits per heavy atom. The van der Waals surface area contributed by atoms with Crippen molar-refractivity contribution in [1.29, 1.82) is 0 Å². The molecular formula is C11H8F3N3O2S. The third-order valence-electron chi connectivity index (χ3n) is 2.40. The highest BCUT2D eigenvalue weighted by Crippen LogP contribution is 2.29. The summed E-state index contributed by atoms with van der Waals surface area (Å²) in [5.74, 6) is 0. The highest BCUT2D eigenvalue weighted by atomic mass is 32.2. The molecule has 0 atom stereocenters. The summed E-state index contributed by atoms with van der Waals surface area (Å²) in [6, 6.07) is 5.45. The number of halogens is 3. The predicted molar refractivity (Wildman–Crippen MR) is 63.3 cm³/mol. The maximum Gasteiger partial charge on any atom is 0.433 e. The maximum atomic E-state index is 12.5. The lowest BCUT2D eigenvalue weighted by Gasteiger charge is -2.08. The van der Waals surface area contributed by atoms with E-state index in [-0.39, 0.29) is 4.90 Å². The fourth-order valence-electron chi connectivity index (χ4n) is 1.41. The smallest absolute Gasteiger partial charge is 0.399 e. The summed E-state index contributed by atoms with van der Waals surface area (Å²) in [5, 5.41) is -0.718. The number of nitrogens with two attached hydrogens (primary N) is 1. The van der Waals surface area contributed by atoms with Gasteiger partial charge in [0.25, 0.3) is 0 Å². The second-order valence-corrected chi connectivity index (χ2v) is 5.71. The second-order valence-electron chi connectivity index (χ2n) is 3.81. The molecule has 0 amide bonds. The first-order valence-electron chi connectivity index (χ1n) is 5.21. The van der Waals surface area contributed by atoms with E-state index in [0.717, 1.165) is 0 Å². The highest BCUT2D eigenvalue weighted by Gasteiger charge is 2.34. The SMILES string of the molecule is Nc1ccc(S(=O)(=O)c2cc(C(F)(F)F)ncn2)cc1. The number of rotatable bonds is 2. The highest BCUT2D eigenvalue weighted by molar-refractivity contribution is 7.91. The van der Waals surface area contributed by atoms with Gasteiger partial charge in [-0.2, -0.15) is 13.2 Å². The fourth-order valence-corrected chi connectivity index (χ4v) is 2.60. The Hall–Kier alpha value is -2.16. The summed E-state index contributed by atoms with van der Waals surface area (Å²) >= 11 is 0. The normalized spacial score (nSPS) is 12.3. The molecule has 0 bridgehead atoms. The van der Waals surface area contributed by atoms with E-state index in [0.29, 0.717) is 18.1 Å². The van der Waals surface area contributed by atoms with Gasteiger partial charge in [0.1, 0.15) is 12.0 Å². The Morgan fingerprint density at radius 3 is 2.20 bits per heavy atom. The lowest BCUT2D eigenvalue weighted by atomic mass is 10.3. The van der Waals surface area contributed by atoms with Crippen LogP contribution in [0.1, 0.15) is 5.69 Å². The predicted octanol–water partition coefficient (Wildman–Crippen LogP) is 1.91. The van der Waals surface area contributed by atoms with Crippen LogP contribution >= 0.6 is 0 Å². The van der Waals surface area contributed by atoms with Crippen LogP contribution < -0.4 is 5.73 Å². The van der Waals surface area contributed by atoms with Gasteiger partial charge in [0, 0.05) is 11.8 Å². The Balaban J connectivity index is 2.53. The van der Waals surface area contributed by atoms with Crippen molar-refractivity contribution in [2.24, 2.45) is 0 Å². The van der Waals surface area contributed by atoms with Crippen LogP contribution in [-0.4, -0.2) is 18.4 Å². The monoisotopic (exact) mass is 303 g/mol. The number of alkyl halides is 3. The molecule has 9 heteroatoms. The first-order valence-corrected chi connectivity index (χ1v) is 6.69. The third-order valence-corrected chi connectivity index (χ3v) is 4.06. The molecule has 1 aromatic carbocycles. The number of nitrogen functional groups attached to an aromatic ring is 1. The number of anilines is 1. The van der Waals surface area contributed by atoms with Gasteiger partial charge < -0.3 is 5.73 Å². The van der Waals surface area contributed by atoms with Crippen LogP contribution in [-0.2, 0) is 16.0 Å². The molecule has 2 rings (SSSR count). The molecule has 0 spiro atoms. The van der Waals surface area contributed by atoms with E-state index in [1.807, 2.05) is 0 Å². The number of hydrogen-bond donors (Lipinski definition) is 1. The standard InChI is InChI=1S/C11H8F3N3O2S/c12-11(13,14)9-5-10(17-6-16-9)20(18,19)8-3-1-7(15)2-4-8/h1-6H,15H2. The van der Waals surface area contributed by atoms with Gasteiger partial charge >= 0.3 is 6.18 Å². The Labute approximate surface area is 112 Å². The van der Waals surface area contributed by atoms with E-state index >= 15 is 0 Å². The summed E-state index contributed by atoms with van der Waals surface area (Å²) in [4.78, 5) is 6.21. The van der Waals surface area contributed by atoms with Gasteiger partial charge in [-0.3, -0.25) is 0 Å². The molecule has 0 aliphatic carbocycles. The summed E-state index contributed by atoms with van der Waals surface area (Å²) in [6.07, 6.45) is -4.18. The maximum absolute atomic E-state index is 12.5. The van der Waals surface area contributed by atoms with Crippen molar-refractivity contribution in [3.8, 4) is 0 Å². The largest absolute Gasteiger partial charge is 0.433 e. The second kappa shape index (κ2) is 4.75. The molecule has 5 nitrogen and oxygen atoms in total. The number of nitrogens with zero attached hydrogens (tertiary/aromatic N) is 2. The molecule has 2 aromatic rings. The van der Waals surface area contributed by atoms with E-state index in [1.165, 1.54) is 24.3 Å². The minimum atomic E-state index is -4.74. The zero-order valence-electron chi connectivity index (χ0n) is 9.79. The van der Waals surface area contributed by atoms with E-state index in [2.05, 4.69) is 9.97 Å². The summed E-state index contributed by atoms with van der Waals surface area (Å²) in [5.41, 5.74) is 4.44. The van der Waals surface area contributed by atoms with E-state index < -0.39 is 26.7 Å². The van der Waals surface area contributed by atoms with Crippen LogP contribution in [0.3, 0.4) is 0 Å². The van der Waals surface area contributed by atoms with Crippen LogP contribution in [0.15, 0.2) is 46.6 Å². The average molecular weight is 303 g/mol. The molecule has 0 fully saturated rings. The Kier molecular flexibility index (Phi) is 3.38. The van der Waals surface area contributed by atoms with Crippen molar-refractivity contribution in [1.82, 2.24) is 9.97 Å². The molecule has 0 saturated carbocycles. The topological polar surface area (TPSA) is 85.9 Å². The van der Waals surface area contributed by atoms with Crippen molar-refractivity contribution >= 4 is 15.5 Å². The van der Waals surface area contributed by atoms with Gasteiger partial charge in [-0.1, -0.05) is 0 Å². The Bertz CT molecular complexity index is 727. The van der Waals surface area contributed by atoms with Gasteiger partial charge in [0.2, 0.25) is 9.84 Å². The number of hydrogen-bond acceptors (Lipinski definition) is 5. The number of sulfone groups is 1. The van der Waals surface area contributed by atoms with Crippen molar-refractivity contribution in [2.75, 3.05) is 5.73 Å². The van der Waals surface area contributed by atoms with Crippen molar-refractivity contribution < 1.29 is 21.6 Å². The molecule has 106 valence electrons. The van der Waals surface area contributed by atoms with E-state index in [9.17, 15) is 21.6 Å². The van der Waals surface area contributed by atoms with Crippen LogP contribution in [0.25, 0.3) is 0 Å².